The van der Waals surface area contributed by atoms with Gasteiger partial charge in [-0.25, -0.2) is 18.2 Å². The predicted molar refractivity (Wildman–Crippen MR) is 166 cm³/mol. The number of amides is 3. The molecule has 1 fully saturated rings. The van der Waals surface area contributed by atoms with Gasteiger partial charge in [-0.3, -0.25) is 9.69 Å². The van der Waals surface area contributed by atoms with Crippen LogP contribution in [0.2, 0.25) is 0 Å². The number of nitrogens with zero attached hydrogens (tertiary/aromatic N) is 3. The fourth-order valence-corrected chi connectivity index (χ4v) is 7.34. The summed E-state index contributed by atoms with van der Waals surface area (Å²) in [6.07, 6.45) is 3.29. The highest BCUT2D eigenvalue weighted by Crippen LogP contribution is 2.46. The Balaban J connectivity index is 1.41. The Morgan fingerprint density at radius 2 is 1.83 bits per heavy atom. The van der Waals surface area contributed by atoms with E-state index in [-0.39, 0.29) is 22.4 Å². The van der Waals surface area contributed by atoms with Gasteiger partial charge in [-0.15, -0.1) is 11.3 Å². The van der Waals surface area contributed by atoms with E-state index in [9.17, 15) is 18.0 Å². The third-order valence-electron chi connectivity index (χ3n) is 7.20. The Labute approximate surface area is 250 Å². The van der Waals surface area contributed by atoms with Crippen LogP contribution in [0.1, 0.15) is 64.1 Å². The Kier molecular flexibility index (Phi) is 7.51. The Bertz CT molecular complexity index is 1670. The highest BCUT2D eigenvalue weighted by Gasteiger charge is 2.35. The number of hydrogen-bond donors (Lipinski definition) is 2. The molecule has 42 heavy (non-hydrogen) atoms. The van der Waals surface area contributed by atoms with Gasteiger partial charge in [0.05, 0.1) is 32.1 Å². The zero-order valence-electron chi connectivity index (χ0n) is 24.8. The molecule has 1 aromatic carbocycles. The van der Waals surface area contributed by atoms with Crippen LogP contribution >= 0.6 is 11.3 Å². The summed E-state index contributed by atoms with van der Waals surface area (Å²) in [7, 11) is -3.55. The maximum Gasteiger partial charge on any atom is 0.331 e. The van der Waals surface area contributed by atoms with Crippen molar-refractivity contribution in [1.29, 1.82) is 0 Å². The lowest BCUT2D eigenvalue weighted by molar-refractivity contribution is -0.00490. The van der Waals surface area contributed by atoms with Crippen LogP contribution in [0.4, 0.5) is 21.9 Å². The monoisotopic (exact) mass is 611 g/mol. The maximum absolute atomic E-state index is 13.6. The van der Waals surface area contributed by atoms with Crippen molar-refractivity contribution in [2.24, 2.45) is 0 Å². The van der Waals surface area contributed by atoms with Gasteiger partial charge in [-0.2, -0.15) is 0 Å². The van der Waals surface area contributed by atoms with Gasteiger partial charge in [0.25, 0.3) is 5.91 Å². The van der Waals surface area contributed by atoms with Crippen molar-refractivity contribution in [2.75, 3.05) is 23.3 Å². The van der Waals surface area contributed by atoms with Crippen LogP contribution in [0.5, 0.6) is 0 Å². The fraction of sp³-hybridized carbons (Fsp3) is 0.433. The molecule has 2 aliphatic heterocycles. The van der Waals surface area contributed by atoms with E-state index < -0.39 is 20.6 Å². The minimum absolute atomic E-state index is 0.116. The molecule has 0 spiro atoms. The molecule has 10 nitrogen and oxygen atoms in total. The van der Waals surface area contributed by atoms with E-state index in [4.69, 9.17) is 4.74 Å². The minimum atomic E-state index is -3.55. The van der Waals surface area contributed by atoms with Gasteiger partial charge in [0, 0.05) is 25.3 Å². The number of thiophene rings is 1. The first kappa shape index (κ1) is 29.8. The number of carbonyl (C=O) groups excluding carboxylic acids is 2. The molecule has 12 heteroatoms. The van der Waals surface area contributed by atoms with Crippen LogP contribution in [0, 0.1) is 0 Å². The van der Waals surface area contributed by atoms with E-state index in [2.05, 4.69) is 22.2 Å². The summed E-state index contributed by atoms with van der Waals surface area (Å²) >= 11 is 1.22. The normalized spacial score (nSPS) is 17.7. The summed E-state index contributed by atoms with van der Waals surface area (Å²) in [4.78, 5) is 36.2. The fourth-order valence-electron chi connectivity index (χ4n) is 5.12. The second-order valence-corrected chi connectivity index (χ2v) is 16.3. The number of hydrogen-bond acceptors (Lipinski definition) is 8. The van der Waals surface area contributed by atoms with Crippen molar-refractivity contribution in [1.82, 2.24) is 15.2 Å². The smallest absolute Gasteiger partial charge is 0.331 e. The molecule has 224 valence electrons. The molecule has 4 heterocycles. The van der Waals surface area contributed by atoms with Crippen molar-refractivity contribution in [3.8, 4) is 0 Å². The van der Waals surface area contributed by atoms with Crippen LogP contribution in [-0.2, 0) is 14.6 Å². The van der Waals surface area contributed by atoms with E-state index in [1.54, 1.807) is 45.2 Å². The number of sulfone groups is 1. The average molecular weight is 612 g/mol. The number of aromatic nitrogens is 1. The van der Waals surface area contributed by atoms with Gasteiger partial charge in [0.2, 0.25) is 0 Å². The highest BCUT2D eigenvalue weighted by atomic mass is 32.2. The number of urea groups is 1. The lowest BCUT2D eigenvalue weighted by Crippen LogP contribution is -2.48. The number of rotatable bonds is 6. The SMILES string of the molecule is C=C(OC(C)(C)C)N1CCC[C@@H](NC(=O)c2sc3nccc4c3c2NC(=O)N4c2ccc(S(=O)(=O)C(C)(C)C)cc2)C1. The zero-order chi connectivity index (χ0) is 30.6. The number of ether oxygens (including phenoxy) is 1. The van der Waals surface area contributed by atoms with Gasteiger partial charge >= 0.3 is 6.03 Å². The molecule has 2 N–H and O–H groups in total. The molecule has 0 bridgehead atoms. The van der Waals surface area contributed by atoms with Crippen LogP contribution < -0.4 is 15.5 Å². The first-order chi connectivity index (χ1) is 19.6. The molecule has 0 saturated carbocycles. The molecule has 3 amide bonds. The third-order valence-corrected chi connectivity index (χ3v) is 10.8. The number of carbonyl (C=O) groups is 2. The average Bonchev–Trinajstić information content (AvgIpc) is 3.27. The second-order valence-electron chi connectivity index (χ2n) is 12.6. The minimum Gasteiger partial charge on any atom is -0.474 e. The van der Waals surface area contributed by atoms with E-state index in [0.717, 1.165) is 19.4 Å². The molecule has 1 saturated heterocycles. The number of likely N-dealkylation sites (tertiary alicyclic amines) is 1. The predicted octanol–water partition coefficient (Wildman–Crippen LogP) is 6.03. The van der Waals surface area contributed by atoms with Crippen LogP contribution in [-0.4, -0.2) is 59.7 Å². The van der Waals surface area contributed by atoms with Gasteiger partial charge in [-0.05, 0) is 91.3 Å². The molecule has 0 aliphatic carbocycles. The molecular weight excluding hydrogens is 574 g/mol. The molecule has 2 aromatic heterocycles. The van der Waals surface area contributed by atoms with Crippen molar-refractivity contribution in [3.63, 3.8) is 0 Å². The summed E-state index contributed by atoms with van der Waals surface area (Å²) in [5.74, 6) is 0.308. The largest absolute Gasteiger partial charge is 0.474 e. The molecule has 0 unspecified atom stereocenters. The Morgan fingerprint density at radius 3 is 2.48 bits per heavy atom. The summed E-state index contributed by atoms with van der Waals surface area (Å²) in [5, 5.41) is 6.69. The lowest BCUT2D eigenvalue weighted by Gasteiger charge is -2.37. The summed E-state index contributed by atoms with van der Waals surface area (Å²) in [6, 6.07) is 7.40. The quantitative estimate of drug-likeness (QED) is 0.327. The molecule has 2 aliphatic rings. The number of nitrogens with one attached hydrogen (secondary N) is 2. The summed E-state index contributed by atoms with van der Waals surface area (Å²) in [6.45, 7) is 16.3. The number of pyridine rings is 1. The van der Waals surface area contributed by atoms with Gasteiger partial charge in [0.15, 0.2) is 15.7 Å². The molecule has 3 aromatic rings. The summed E-state index contributed by atoms with van der Waals surface area (Å²) < 4.78 is 30.8. The van der Waals surface area contributed by atoms with E-state index in [1.807, 2.05) is 25.7 Å². The van der Waals surface area contributed by atoms with Crippen molar-refractivity contribution in [2.45, 2.75) is 75.7 Å². The van der Waals surface area contributed by atoms with Gasteiger partial charge in [0.1, 0.15) is 15.3 Å². The molecule has 0 radical (unpaired) electrons. The second kappa shape index (κ2) is 10.6. The van der Waals surface area contributed by atoms with E-state index >= 15 is 0 Å². The van der Waals surface area contributed by atoms with E-state index in [0.29, 0.717) is 44.6 Å². The van der Waals surface area contributed by atoms with Crippen molar-refractivity contribution in [3.05, 3.63) is 53.9 Å². The van der Waals surface area contributed by atoms with Crippen molar-refractivity contribution >= 4 is 60.4 Å². The van der Waals surface area contributed by atoms with Crippen LogP contribution in [0.15, 0.2) is 53.9 Å². The van der Waals surface area contributed by atoms with Crippen LogP contribution in [0.25, 0.3) is 10.2 Å². The highest BCUT2D eigenvalue weighted by molar-refractivity contribution is 7.92. The molecular formula is C30H37N5O5S2. The summed E-state index contributed by atoms with van der Waals surface area (Å²) in [5.41, 5.74) is 1.13. The van der Waals surface area contributed by atoms with E-state index in [1.165, 1.54) is 28.4 Å². The number of piperidine rings is 1. The topological polar surface area (TPSA) is 121 Å². The standard InChI is InChI=1S/C30H37N5O5S2/c1-18(40-29(2,3)4)34-16-8-9-19(17-34)32-26(36)25-24-23-22(14-15-31-27(23)41-25)35(28(37)33-24)20-10-12-21(13-11-20)42(38,39)30(5,6)7/h10-15,19H,1,8-9,16-17H2,2-7H3,(H,32,36)(H,33,37)/t19-/m1/s1. The van der Waals surface area contributed by atoms with Gasteiger partial charge in [-0.1, -0.05) is 0 Å². The lowest BCUT2D eigenvalue weighted by atomic mass is 10.1. The first-order valence-corrected chi connectivity index (χ1v) is 16.2. The Hall–Kier alpha value is -3.64. The molecule has 5 rings (SSSR count). The third kappa shape index (κ3) is 5.57. The van der Waals surface area contributed by atoms with Crippen molar-refractivity contribution < 1.29 is 22.7 Å². The zero-order valence-corrected chi connectivity index (χ0v) is 26.4. The first-order valence-electron chi connectivity index (χ1n) is 13.9. The number of anilines is 3. The molecule has 1 atom stereocenters. The van der Waals surface area contributed by atoms with Crippen LogP contribution in [0.3, 0.4) is 0 Å². The Morgan fingerprint density at radius 1 is 1.14 bits per heavy atom. The van der Waals surface area contributed by atoms with Gasteiger partial charge < -0.3 is 20.3 Å². The number of benzene rings is 1. The maximum atomic E-state index is 13.6.